The Bertz CT molecular complexity index is 238. The molecular weight excluding hydrogens is 207 g/mol. The average molecular weight is 219 g/mol. The van der Waals surface area contributed by atoms with Gasteiger partial charge in [0.2, 0.25) is 0 Å². The molecule has 0 aromatic carbocycles. The Kier molecular flexibility index (Phi) is 4.07. The minimum atomic E-state index is -3.25. The van der Waals surface area contributed by atoms with Crippen LogP contribution in [0.1, 0.15) is 13.3 Å². The largest absolute Gasteiger partial charge is 0.654 e. The van der Waals surface area contributed by atoms with E-state index in [1.54, 1.807) is 0 Å². The number of ether oxygens (including phenoxy) is 1. The van der Waals surface area contributed by atoms with Gasteiger partial charge < -0.3 is 23.7 Å². The highest BCUT2D eigenvalue weighted by Gasteiger charge is 2.45. The SMILES string of the molecule is CCCOCCO[B-]1(O)OC(=O)C(=O)O1. The molecule has 0 saturated carbocycles. The zero-order valence-corrected chi connectivity index (χ0v) is 8.30. The molecule has 0 radical (unpaired) electrons. The molecule has 1 N–H and O–H groups in total. The van der Waals surface area contributed by atoms with Crippen LogP contribution in [-0.4, -0.2) is 43.7 Å². The van der Waals surface area contributed by atoms with Crippen LogP contribution in [0.5, 0.6) is 0 Å². The van der Waals surface area contributed by atoms with Gasteiger partial charge in [0.25, 0.3) is 0 Å². The molecule has 1 heterocycles. The number of carbonyl (C=O) groups is 2. The fraction of sp³-hybridized carbons (Fsp3) is 0.714. The van der Waals surface area contributed by atoms with E-state index in [0.717, 1.165) is 6.42 Å². The van der Waals surface area contributed by atoms with Crippen molar-refractivity contribution >= 4 is 18.9 Å². The lowest BCUT2D eigenvalue weighted by atomic mass is 10.1. The maximum Gasteiger partial charge on any atom is 0.654 e. The second-order valence-corrected chi connectivity index (χ2v) is 2.90. The standard InChI is InChI=1S/C7H12BO7/c1-2-3-12-4-5-13-8(11)14-6(9)7(10)15-8/h11H,2-5H2,1H3/q-1. The molecule has 0 amide bonds. The van der Waals surface area contributed by atoms with Crippen LogP contribution in [0.2, 0.25) is 0 Å². The molecule has 0 atom stereocenters. The van der Waals surface area contributed by atoms with Gasteiger partial charge in [-0.1, -0.05) is 6.92 Å². The van der Waals surface area contributed by atoms with Gasteiger partial charge in [0.1, 0.15) is 0 Å². The first-order valence-corrected chi connectivity index (χ1v) is 4.60. The fourth-order valence-electron chi connectivity index (χ4n) is 0.961. The summed E-state index contributed by atoms with van der Waals surface area (Å²) < 4.78 is 18.1. The summed E-state index contributed by atoms with van der Waals surface area (Å²) in [5.41, 5.74) is 0. The molecule has 0 bridgehead atoms. The van der Waals surface area contributed by atoms with Crippen molar-refractivity contribution in [2.45, 2.75) is 13.3 Å². The molecule has 0 aromatic heterocycles. The summed E-state index contributed by atoms with van der Waals surface area (Å²) in [6.45, 7) is -0.558. The third-order valence-corrected chi connectivity index (χ3v) is 1.58. The Balaban J connectivity index is 2.21. The van der Waals surface area contributed by atoms with E-state index in [0.29, 0.717) is 6.61 Å². The summed E-state index contributed by atoms with van der Waals surface area (Å²) in [4.78, 5) is 21.1. The maximum absolute atomic E-state index is 10.6. The molecule has 86 valence electrons. The predicted molar refractivity (Wildman–Crippen MR) is 47.2 cm³/mol. The number of carbonyl (C=O) groups excluding carboxylic acids is 2. The lowest BCUT2D eigenvalue weighted by molar-refractivity contribution is -0.150. The maximum atomic E-state index is 10.6. The van der Waals surface area contributed by atoms with Crippen molar-refractivity contribution in [2.75, 3.05) is 19.8 Å². The topological polar surface area (TPSA) is 91.3 Å². The molecule has 0 spiro atoms. The highest BCUT2D eigenvalue weighted by molar-refractivity contribution is 6.65. The van der Waals surface area contributed by atoms with Crippen LogP contribution in [0.4, 0.5) is 0 Å². The smallest absolute Gasteiger partial charge is 0.600 e. The van der Waals surface area contributed by atoms with Gasteiger partial charge in [0.05, 0.1) is 6.61 Å². The lowest BCUT2D eigenvalue weighted by Crippen LogP contribution is -2.42. The van der Waals surface area contributed by atoms with E-state index < -0.39 is 18.9 Å². The Morgan fingerprint density at radius 2 is 1.80 bits per heavy atom. The molecule has 1 aliphatic heterocycles. The minimum absolute atomic E-state index is 0.0307. The molecule has 0 unspecified atom stereocenters. The molecule has 8 heteroatoms. The van der Waals surface area contributed by atoms with E-state index in [1.807, 2.05) is 6.92 Å². The highest BCUT2D eigenvalue weighted by Crippen LogP contribution is 2.13. The summed E-state index contributed by atoms with van der Waals surface area (Å²) in [5.74, 6) is -2.51. The van der Waals surface area contributed by atoms with Gasteiger partial charge in [-0.25, -0.2) is 9.59 Å². The van der Waals surface area contributed by atoms with Crippen LogP contribution in [0, 0.1) is 0 Å². The van der Waals surface area contributed by atoms with Crippen molar-refractivity contribution in [1.29, 1.82) is 0 Å². The van der Waals surface area contributed by atoms with E-state index in [1.165, 1.54) is 0 Å². The van der Waals surface area contributed by atoms with E-state index in [-0.39, 0.29) is 13.2 Å². The van der Waals surface area contributed by atoms with E-state index in [2.05, 4.69) is 14.0 Å². The Hall–Kier alpha value is -1.12. The van der Waals surface area contributed by atoms with E-state index >= 15 is 0 Å². The number of hydrogen-bond donors (Lipinski definition) is 1. The Morgan fingerprint density at radius 3 is 2.33 bits per heavy atom. The zero-order valence-electron chi connectivity index (χ0n) is 8.30. The summed E-state index contributed by atoms with van der Waals surface area (Å²) in [5, 5.41) is 9.29. The van der Waals surface area contributed by atoms with Crippen molar-refractivity contribution < 1.29 is 33.3 Å². The van der Waals surface area contributed by atoms with Gasteiger partial charge >= 0.3 is 18.9 Å². The molecule has 1 saturated heterocycles. The van der Waals surface area contributed by atoms with Crippen LogP contribution in [0.3, 0.4) is 0 Å². The Morgan fingerprint density at radius 1 is 1.20 bits per heavy atom. The van der Waals surface area contributed by atoms with Gasteiger partial charge in [-0.2, -0.15) is 0 Å². The number of rotatable bonds is 6. The molecule has 1 aliphatic rings. The number of hydrogen-bond acceptors (Lipinski definition) is 7. The van der Waals surface area contributed by atoms with Gasteiger partial charge in [-0.15, -0.1) is 0 Å². The Labute approximate surface area is 86.3 Å². The highest BCUT2D eigenvalue weighted by atomic mass is 16.9. The van der Waals surface area contributed by atoms with Crippen LogP contribution in [0.15, 0.2) is 0 Å². The molecule has 0 aliphatic carbocycles. The summed E-state index contributed by atoms with van der Waals surface area (Å²) in [6, 6.07) is 0. The third-order valence-electron chi connectivity index (χ3n) is 1.58. The van der Waals surface area contributed by atoms with Gasteiger partial charge in [-0.05, 0) is 6.42 Å². The summed E-state index contributed by atoms with van der Waals surface area (Å²) in [7, 11) is 0. The van der Waals surface area contributed by atoms with Gasteiger partial charge in [0, 0.05) is 13.2 Å². The molecule has 15 heavy (non-hydrogen) atoms. The minimum Gasteiger partial charge on any atom is -0.600 e. The van der Waals surface area contributed by atoms with Crippen LogP contribution < -0.4 is 0 Å². The second kappa shape index (κ2) is 5.10. The average Bonchev–Trinajstić information content (AvgIpc) is 2.41. The predicted octanol–water partition coefficient (Wildman–Crippen LogP) is -1.04. The molecular formula is C7H12BO7-. The van der Waals surface area contributed by atoms with Crippen molar-refractivity contribution in [3.05, 3.63) is 0 Å². The quantitative estimate of drug-likeness (QED) is 0.346. The van der Waals surface area contributed by atoms with Crippen LogP contribution in [0.25, 0.3) is 0 Å². The monoisotopic (exact) mass is 219 g/mol. The normalized spacial score (nSPS) is 18.8. The first-order valence-electron chi connectivity index (χ1n) is 4.60. The van der Waals surface area contributed by atoms with Crippen LogP contribution >= 0.6 is 0 Å². The zero-order chi connectivity index (χ0) is 11.3. The van der Waals surface area contributed by atoms with Gasteiger partial charge in [-0.3, -0.25) is 0 Å². The van der Waals surface area contributed by atoms with E-state index in [4.69, 9.17) is 4.74 Å². The van der Waals surface area contributed by atoms with Crippen molar-refractivity contribution in [1.82, 2.24) is 0 Å². The molecule has 0 aromatic rings. The first kappa shape index (κ1) is 12.0. The second-order valence-electron chi connectivity index (χ2n) is 2.90. The fourth-order valence-corrected chi connectivity index (χ4v) is 0.961. The molecule has 1 fully saturated rings. The molecule has 7 nitrogen and oxygen atoms in total. The van der Waals surface area contributed by atoms with E-state index in [9.17, 15) is 14.6 Å². The lowest BCUT2D eigenvalue weighted by Gasteiger charge is -2.25. The van der Waals surface area contributed by atoms with Gasteiger partial charge in [0.15, 0.2) is 0 Å². The molecule has 1 rings (SSSR count). The first-order chi connectivity index (χ1) is 7.07. The summed E-state index contributed by atoms with van der Waals surface area (Å²) in [6.07, 6.45) is 0.860. The summed E-state index contributed by atoms with van der Waals surface area (Å²) >= 11 is 0. The van der Waals surface area contributed by atoms with Crippen molar-refractivity contribution in [2.24, 2.45) is 0 Å². The van der Waals surface area contributed by atoms with Crippen molar-refractivity contribution in [3.63, 3.8) is 0 Å². The third kappa shape index (κ3) is 3.50. The van der Waals surface area contributed by atoms with Crippen molar-refractivity contribution in [3.8, 4) is 0 Å². The van der Waals surface area contributed by atoms with Crippen LogP contribution in [-0.2, 0) is 28.3 Å².